The maximum atomic E-state index is 11.7. The topological polar surface area (TPSA) is 43.4 Å². The maximum absolute atomic E-state index is 11.7. The van der Waals surface area contributed by atoms with Gasteiger partial charge in [-0.3, -0.25) is 4.79 Å². The largest absolute Gasteiger partial charge is 0.463 e. The average molecular weight is 413 g/mol. The first-order valence-corrected chi connectivity index (χ1v) is 12.7. The molecule has 0 saturated heterocycles. The lowest BCUT2D eigenvalue weighted by Gasteiger charge is -2.13. The summed E-state index contributed by atoms with van der Waals surface area (Å²) in [6.45, 7) is 10.3. The Morgan fingerprint density at radius 3 is 1.55 bits per heavy atom. The lowest BCUT2D eigenvalue weighted by molar-refractivity contribution is -0.148. The van der Waals surface area contributed by atoms with Gasteiger partial charge in [0.05, 0.1) is 6.10 Å². The Labute approximate surface area is 182 Å². The summed E-state index contributed by atoms with van der Waals surface area (Å²) in [6, 6.07) is 0. The molecule has 0 fully saturated rings. The fraction of sp³-hybridized carbons (Fsp3) is 0.923. The highest BCUT2D eigenvalue weighted by atomic mass is 16.5. The number of carbonyl (C=O) groups is 2. The van der Waals surface area contributed by atoms with Crippen molar-refractivity contribution < 1.29 is 14.3 Å². The number of carbonyl (C=O) groups excluding carboxylic acids is 2. The van der Waals surface area contributed by atoms with E-state index in [-0.39, 0.29) is 12.1 Å². The molecule has 1 atom stereocenters. The lowest BCUT2D eigenvalue weighted by atomic mass is 10.1. The molecule has 0 heterocycles. The molecule has 0 amide bonds. The zero-order chi connectivity index (χ0) is 22.2. The van der Waals surface area contributed by atoms with E-state index in [1.54, 1.807) is 6.92 Å². The number of ketones is 1. The van der Waals surface area contributed by atoms with Crippen molar-refractivity contribution in [3.63, 3.8) is 0 Å². The number of Topliss-reactive ketones (excluding diaryl/α,β-unsaturated/α-hetero) is 1. The van der Waals surface area contributed by atoms with E-state index in [1.807, 2.05) is 6.92 Å². The van der Waals surface area contributed by atoms with Gasteiger partial charge in [0.2, 0.25) is 0 Å². The van der Waals surface area contributed by atoms with E-state index >= 15 is 0 Å². The van der Waals surface area contributed by atoms with E-state index in [0.29, 0.717) is 12.2 Å². The summed E-state index contributed by atoms with van der Waals surface area (Å²) < 4.78 is 5.44. The molecule has 0 rings (SSSR count). The van der Waals surface area contributed by atoms with E-state index in [2.05, 4.69) is 20.8 Å². The van der Waals surface area contributed by atoms with Gasteiger partial charge in [-0.05, 0) is 39.5 Å². The summed E-state index contributed by atoms with van der Waals surface area (Å²) in [4.78, 5) is 22.1. The van der Waals surface area contributed by atoms with Crippen LogP contribution in [0.25, 0.3) is 0 Å². The fourth-order valence-corrected chi connectivity index (χ4v) is 3.23. The third-order valence-corrected chi connectivity index (χ3v) is 5.16. The van der Waals surface area contributed by atoms with Crippen molar-refractivity contribution in [2.75, 3.05) is 0 Å². The number of hydrogen-bond acceptors (Lipinski definition) is 3. The minimum Gasteiger partial charge on any atom is -0.463 e. The molecule has 0 N–H and O–H groups in total. The van der Waals surface area contributed by atoms with Crippen molar-refractivity contribution in [2.45, 2.75) is 156 Å². The first kappa shape index (κ1) is 30.3. The molecule has 0 saturated carbocycles. The molecule has 0 aromatic heterocycles. The standard InChI is InChI=1S/C18H36O2.C8H16O/c1-4-6-8-10-11-12-14-16-18(19)20-17(3)15-13-9-7-5-2;1-3-4-5-6-7-8(2)9/h17H,4-16H2,1-3H3;3-7H2,1-2H3. The van der Waals surface area contributed by atoms with Gasteiger partial charge in [-0.1, -0.05) is 97.8 Å². The Morgan fingerprint density at radius 1 is 0.621 bits per heavy atom. The molecule has 0 aliphatic heterocycles. The monoisotopic (exact) mass is 412 g/mol. The summed E-state index contributed by atoms with van der Waals surface area (Å²) in [7, 11) is 0. The number of hydrogen-bond donors (Lipinski definition) is 0. The SMILES string of the molecule is CCCCCCC(C)=O.CCCCCCCCCC(=O)OC(C)CCCCCC. The second kappa shape index (κ2) is 25.2. The molecule has 29 heavy (non-hydrogen) atoms. The van der Waals surface area contributed by atoms with Gasteiger partial charge in [-0.15, -0.1) is 0 Å². The molecular weight excluding hydrogens is 360 g/mol. The second-order valence-electron chi connectivity index (χ2n) is 8.53. The number of unbranched alkanes of at least 4 members (excludes halogenated alkanes) is 12. The van der Waals surface area contributed by atoms with Crippen LogP contribution in [0.1, 0.15) is 150 Å². The van der Waals surface area contributed by atoms with Crippen molar-refractivity contribution in [1.82, 2.24) is 0 Å². The van der Waals surface area contributed by atoms with E-state index in [9.17, 15) is 9.59 Å². The van der Waals surface area contributed by atoms with Crippen LogP contribution in [-0.4, -0.2) is 17.9 Å². The van der Waals surface area contributed by atoms with Crippen LogP contribution in [0.5, 0.6) is 0 Å². The van der Waals surface area contributed by atoms with Gasteiger partial charge >= 0.3 is 5.97 Å². The molecule has 0 bridgehead atoms. The second-order valence-corrected chi connectivity index (χ2v) is 8.53. The van der Waals surface area contributed by atoms with Crippen LogP contribution in [0.3, 0.4) is 0 Å². The maximum Gasteiger partial charge on any atom is 0.306 e. The summed E-state index contributed by atoms with van der Waals surface area (Å²) in [5.41, 5.74) is 0. The first-order chi connectivity index (χ1) is 14.0. The van der Waals surface area contributed by atoms with E-state index in [4.69, 9.17) is 4.74 Å². The smallest absolute Gasteiger partial charge is 0.306 e. The molecule has 0 radical (unpaired) electrons. The normalized spacial score (nSPS) is 11.5. The quantitative estimate of drug-likeness (QED) is 0.157. The first-order valence-electron chi connectivity index (χ1n) is 12.7. The van der Waals surface area contributed by atoms with Gasteiger partial charge in [0.25, 0.3) is 0 Å². The third-order valence-electron chi connectivity index (χ3n) is 5.16. The highest BCUT2D eigenvalue weighted by Gasteiger charge is 2.08. The van der Waals surface area contributed by atoms with Gasteiger partial charge < -0.3 is 9.53 Å². The zero-order valence-electron chi connectivity index (χ0n) is 20.5. The molecule has 0 aliphatic rings. The third kappa shape index (κ3) is 29.4. The van der Waals surface area contributed by atoms with Gasteiger partial charge in [0.15, 0.2) is 0 Å². The Balaban J connectivity index is 0. The molecule has 0 aromatic rings. The molecule has 3 nitrogen and oxygen atoms in total. The summed E-state index contributed by atoms with van der Waals surface area (Å²) in [6.07, 6.45) is 21.0. The summed E-state index contributed by atoms with van der Waals surface area (Å²) in [5, 5.41) is 0. The van der Waals surface area contributed by atoms with Crippen LogP contribution in [0.15, 0.2) is 0 Å². The van der Waals surface area contributed by atoms with Crippen molar-refractivity contribution in [3.8, 4) is 0 Å². The number of ether oxygens (including phenoxy) is 1. The van der Waals surface area contributed by atoms with Crippen LogP contribution >= 0.6 is 0 Å². The van der Waals surface area contributed by atoms with Crippen LogP contribution in [0, 0.1) is 0 Å². The minimum atomic E-state index is 0.00143. The summed E-state index contributed by atoms with van der Waals surface area (Å²) in [5.74, 6) is 0.327. The predicted octanol–water partition coefficient (Wildman–Crippen LogP) is 8.58. The predicted molar refractivity (Wildman–Crippen MR) is 126 cm³/mol. The van der Waals surface area contributed by atoms with E-state index in [0.717, 1.165) is 25.7 Å². The molecule has 3 heteroatoms. The van der Waals surface area contributed by atoms with Gasteiger partial charge in [-0.2, -0.15) is 0 Å². The number of rotatable bonds is 19. The van der Waals surface area contributed by atoms with Crippen molar-refractivity contribution in [3.05, 3.63) is 0 Å². The van der Waals surface area contributed by atoms with Crippen molar-refractivity contribution >= 4 is 11.8 Å². The number of esters is 1. The summed E-state index contributed by atoms with van der Waals surface area (Å²) >= 11 is 0. The van der Waals surface area contributed by atoms with Gasteiger partial charge in [0.1, 0.15) is 5.78 Å². The van der Waals surface area contributed by atoms with Crippen LogP contribution in [-0.2, 0) is 14.3 Å². The molecule has 0 aliphatic carbocycles. The Hall–Kier alpha value is -0.860. The van der Waals surface area contributed by atoms with Gasteiger partial charge in [-0.25, -0.2) is 0 Å². The van der Waals surface area contributed by atoms with E-state index < -0.39 is 0 Å². The zero-order valence-corrected chi connectivity index (χ0v) is 20.5. The molecule has 0 aromatic carbocycles. The minimum absolute atomic E-state index is 0.00143. The molecule has 1 unspecified atom stereocenters. The fourth-order valence-electron chi connectivity index (χ4n) is 3.23. The molecule has 174 valence electrons. The van der Waals surface area contributed by atoms with E-state index in [1.165, 1.54) is 83.5 Å². The molecular formula is C26H52O3. The van der Waals surface area contributed by atoms with Crippen LogP contribution < -0.4 is 0 Å². The highest BCUT2D eigenvalue weighted by molar-refractivity contribution is 5.75. The Kier molecular flexibility index (Phi) is 26.3. The van der Waals surface area contributed by atoms with Gasteiger partial charge in [0, 0.05) is 12.8 Å². The highest BCUT2D eigenvalue weighted by Crippen LogP contribution is 2.11. The van der Waals surface area contributed by atoms with Crippen molar-refractivity contribution in [1.29, 1.82) is 0 Å². The molecule has 0 spiro atoms. The van der Waals surface area contributed by atoms with Crippen LogP contribution in [0.2, 0.25) is 0 Å². The average Bonchev–Trinajstić information content (AvgIpc) is 2.68. The van der Waals surface area contributed by atoms with Crippen molar-refractivity contribution in [2.24, 2.45) is 0 Å². The lowest BCUT2D eigenvalue weighted by Crippen LogP contribution is -2.14. The Bertz CT molecular complexity index is 352. The van der Waals surface area contributed by atoms with Crippen LogP contribution in [0.4, 0.5) is 0 Å². The Morgan fingerprint density at radius 2 is 1.03 bits per heavy atom.